The van der Waals surface area contributed by atoms with Crippen LogP contribution in [0.1, 0.15) is 19.3 Å². The number of hydrogen-bond donors (Lipinski definition) is 2. The largest absolute Gasteiger partial charge is 0.465 e. The molecule has 0 aromatic heterocycles. The van der Waals surface area contributed by atoms with Crippen LogP contribution in [0.2, 0.25) is 0 Å². The maximum atomic E-state index is 5.71. The fourth-order valence-corrected chi connectivity index (χ4v) is 2.10. The Morgan fingerprint density at radius 1 is 1.05 bits per heavy atom. The number of rotatable bonds is 5. The van der Waals surface area contributed by atoms with Crippen LogP contribution >= 0.6 is 0 Å². The van der Waals surface area contributed by atoms with Crippen molar-refractivity contribution in [3.8, 4) is 0 Å². The average Bonchev–Trinajstić information content (AvgIpc) is 2.46. The third-order valence-electron chi connectivity index (χ3n) is 3.31. The molecule has 0 aromatic carbocycles. The summed E-state index contributed by atoms with van der Waals surface area (Å²) in [5.41, 5.74) is 10.7. The first-order valence-corrected chi connectivity index (χ1v) is 6.87. The van der Waals surface area contributed by atoms with Gasteiger partial charge in [0.2, 0.25) is 0 Å². The topological polar surface area (TPSA) is 89.0 Å². The average molecular weight is 272 g/mol. The van der Waals surface area contributed by atoms with Crippen LogP contribution < -0.4 is 11.5 Å². The molecule has 6 heteroatoms. The summed E-state index contributed by atoms with van der Waals surface area (Å²) >= 11 is 0. The molecule has 2 aliphatic rings. The highest BCUT2D eigenvalue weighted by molar-refractivity contribution is 4.93. The van der Waals surface area contributed by atoms with Gasteiger partial charge in [-0.05, 0) is 38.4 Å². The third kappa shape index (κ3) is 4.07. The Bertz CT molecular complexity index is 289. The molecule has 6 nitrogen and oxygen atoms in total. The van der Waals surface area contributed by atoms with Crippen molar-refractivity contribution < 1.29 is 18.9 Å². The lowest BCUT2D eigenvalue weighted by molar-refractivity contribution is -0.265. The van der Waals surface area contributed by atoms with Crippen LogP contribution in [0.4, 0.5) is 0 Å². The van der Waals surface area contributed by atoms with Gasteiger partial charge in [-0.1, -0.05) is 0 Å². The van der Waals surface area contributed by atoms with Gasteiger partial charge in [0.15, 0.2) is 6.29 Å². The van der Waals surface area contributed by atoms with E-state index in [1.165, 1.54) is 0 Å². The molecule has 4 N–H and O–H groups in total. The van der Waals surface area contributed by atoms with Gasteiger partial charge in [-0.3, -0.25) is 0 Å². The predicted molar refractivity (Wildman–Crippen MR) is 70.1 cm³/mol. The van der Waals surface area contributed by atoms with E-state index in [1.807, 2.05) is 6.08 Å². The summed E-state index contributed by atoms with van der Waals surface area (Å²) in [4.78, 5) is 0. The molecular weight excluding hydrogens is 248 g/mol. The van der Waals surface area contributed by atoms with E-state index >= 15 is 0 Å². The van der Waals surface area contributed by atoms with Crippen molar-refractivity contribution >= 4 is 0 Å². The lowest BCUT2D eigenvalue weighted by Gasteiger charge is -2.42. The van der Waals surface area contributed by atoms with Crippen LogP contribution in [0, 0.1) is 5.41 Å². The first-order valence-electron chi connectivity index (χ1n) is 6.87. The van der Waals surface area contributed by atoms with E-state index in [0.29, 0.717) is 45.5 Å². The summed E-state index contributed by atoms with van der Waals surface area (Å²) in [6.07, 6.45) is 4.26. The summed E-state index contributed by atoms with van der Waals surface area (Å²) in [6, 6.07) is 0. The number of nitrogens with two attached hydrogens (primary N) is 2. The molecule has 0 aliphatic carbocycles. The molecule has 2 rings (SSSR count). The molecule has 1 spiro atoms. The maximum absolute atomic E-state index is 5.71. The molecular formula is C13H24N2O4. The van der Waals surface area contributed by atoms with Crippen molar-refractivity contribution in [3.05, 3.63) is 12.0 Å². The molecule has 2 heterocycles. The first kappa shape index (κ1) is 14.6. The summed E-state index contributed by atoms with van der Waals surface area (Å²) < 4.78 is 22.6. The molecule has 0 amide bonds. The van der Waals surface area contributed by atoms with Crippen molar-refractivity contribution in [3.63, 3.8) is 0 Å². The highest BCUT2D eigenvalue weighted by atomic mass is 16.7. The van der Waals surface area contributed by atoms with Gasteiger partial charge in [0.05, 0.1) is 18.6 Å². The van der Waals surface area contributed by atoms with Crippen LogP contribution in [0.5, 0.6) is 0 Å². The molecule has 2 aliphatic heterocycles. The van der Waals surface area contributed by atoms with Crippen molar-refractivity contribution in [2.45, 2.75) is 25.6 Å². The second kappa shape index (κ2) is 7.09. The minimum atomic E-state index is -0.181. The zero-order valence-electron chi connectivity index (χ0n) is 11.3. The van der Waals surface area contributed by atoms with Crippen LogP contribution in [-0.4, -0.2) is 45.8 Å². The Kier molecular flexibility index (Phi) is 5.45. The first-order chi connectivity index (χ1) is 9.28. The molecule has 0 unspecified atom stereocenters. The lowest BCUT2D eigenvalue weighted by Crippen LogP contribution is -2.49. The maximum Gasteiger partial charge on any atom is 0.274 e. The minimum absolute atomic E-state index is 0.136. The second-order valence-electron chi connectivity index (χ2n) is 5.16. The second-order valence-corrected chi connectivity index (χ2v) is 5.16. The number of ether oxygens (including phenoxy) is 4. The Morgan fingerprint density at radius 2 is 1.74 bits per heavy atom. The number of hydrogen-bond acceptors (Lipinski definition) is 6. The van der Waals surface area contributed by atoms with E-state index in [9.17, 15) is 0 Å². The van der Waals surface area contributed by atoms with Gasteiger partial charge in [0.25, 0.3) is 5.95 Å². The van der Waals surface area contributed by atoms with Crippen LogP contribution in [0.15, 0.2) is 12.0 Å². The normalized spacial score (nSPS) is 30.8. The van der Waals surface area contributed by atoms with Gasteiger partial charge in [0.1, 0.15) is 13.2 Å². The molecule has 2 saturated heterocycles. The Balaban J connectivity index is 1.75. The predicted octanol–water partition coefficient (Wildman–Crippen LogP) is 0.322. The molecule has 0 saturated carbocycles. The Morgan fingerprint density at radius 3 is 2.32 bits per heavy atom. The minimum Gasteiger partial charge on any atom is -0.465 e. The van der Waals surface area contributed by atoms with Gasteiger partial charge < -0.3 is 30.4 Å². The van der Waals surface area contributed by atoms with Crippen molar-refractivity contribution in [2.75, 3.05) is 39.5 Å². The van der Waals surface area contributed by atoms with Gasteiger partial charge in [-0.2, -0.15) is 0 Å². The van der Waals surface area contributed by atoms with Crippen LogP contribution in [0.25, 0.3) is 0 Å². The standard InChI is InChI=1S/C13H24N2O4/c14-5-1-3-11-16-7-13(8-17-11)9-18-12(19-10-13)4-2-6-15/h3,12H,1-2,4-10,14-15H2. The fraction of sp³-hybridized carbons (Fsp3) is 0.846. The Labute approximate surface area is 114 Å². The van der Waals surface area contributed by atoms with Gasteiger partial charge in [-0.25, -0.2) is 0 Å². The zero-order chi connectivity index (χ0) is 13.6. The molecule has 19 heavy (non-hydrogen) atoms. The SMILES string of the molecule is NCCC=C1OCC2(CO1)COC(CCCN)OC2. The van der Waals surface area contributed by atoms with Crippen LogP contribution in [0.3, 0.4) is 0 Å². The van der Waals surface area contributed by atoms with Gasteiger partial charge in [-0.15, -0.1) is 0 Å². The van der Waals surface area contributed by atoms with E-state index in [0.717, 1.165) is 19.3 Å². The van der Waals surface area contributed by atoms with E-state index in [-0.39, 0.29) is 11.7 Å². The summed E-state index contributed by atoms with van der Waals surface area (Å²) in [7, 11) is 0. The smallest absolute Gasteiger partial charge is 0.274 e. The molecule has 0 bridgehead atoms. The van der Waals surface area contributed by atoms with E-state index in [2.05, 4.69) is 0 Å². The fourth-order valence-electron chi connectivity index (χ4n) is 2.10. The summed E-state index contributed by atoms with van der Waals surface area (Å²) in [5.74, 6) is 0.571. The molecule has 0 aromatic rings. The monoisotopic (exact) mass is 272 g/mol. The summed E-state index contributed by atoms with van der Waals surface area (Å²) in [5, 5.41) is 0. The van der Waals surface area contributed by atoms with E-state index < -0.39 is 0 Å². The van der Waals surface area contributed by atoms with E-state index in [1.54, 1.807) is 0 Å². The molecule has 110 valence electrons. The highest BCUT2D eigenvalue weighted by Gasteiger charge is 2.41. The zero-order valence-corrected chi connectivity index (χ0v) is 11.3. The molecule has 0 atom stereocenters. The van der Waals surface area contributed by atoms with Crippen molar-refractivity contribution in [1.29, 1.82) is 0 Å². The highest BCUT2D eigenvalue weighted by Crippen LogP contribution is 2.31. The summed E-state index contributed by atoms with van der Waals surface area (Å²) in [6.45, 7) is 3.59. The molecule has 2 fully saturated rings. The quantitative estimate of drug-likeness (QED) is 0.749. The lowest BCUT2D eigenvalue weighted by atomic mass is 9.91. The van der Waals surface area contributed by atoms with Crippen molar-refractivity contribution in [2.24, 2.45) is 16.9 Å². The van der Waals surface area contributed by atoms with Gasteiger partial charge in [0, 0.05) is 0 Å². The van der Waals surface area contributed by atoms with E-state index in [4.69, 9.17) is 30.4 Å². The Hall–Kier alpha value is -0.820. The van der Waals surface area contributed by atoms with Crippen molar-refractivity contribution in [1.82, 2.24) is 0 Å². The van der Waals surface area contributed by atoms with Gasteiger partial charge >= 0.3 is 0 Å². The van der Waals surface area contributed by atoms with Crippen LogP contribution in [-0.2, 0) is 18.9 Å². The molecule has 0 radical (unpaired) electrons. The third-order valence-corrected chi connectivity index (χ3v) is 3.31.